The quantitative estimate of drug-likeness (QED) is 0.523. The van der Waals surface area contributed by atoms with Crippen LogP contribution in [0.1, 0.15) is 42.4 Å². The highest BCUT2D eigenvalue weighted by Gasteiger charge is 2.48. The molecule has 0 spiro atoms. The van der Waals surface area contributed by atoms with Gasteiger partial charge in [-0.2, -0.15) is 0 Å². The number of hydrogen-bond donors (Lipinski definition) is 1. The summed E-state index contributed by atoms with van der Waals surface area (Å²) < 4.78 is 11.5. The maximum Gasteiger partial charge on any atom is 0.410 e. The number of carbonyl (C=O) groups is 2. The third-order valence-corrected chi connectivity index (χ3v) is 7.06. The summed E-state index contributed by atoms with van der Waals surface area (Å²) in [6.45, 7) is 0.231. The molecule has 2 aliphatic rings. The molecular weight excluding hydrogens is 442 g/mol. The van der Waals surface area contributed by atoms with E-state index in [4.69, 9.17) is 9.47 Å². The molecule has 2 heterocycles. The van der Waals surface area contributed by atoms with Gasteiger partial charge in [0.25, 0.3) is 0 Å². The topological polar surface area (TPSA) is 76.1 Å². The van der Waals surface area contributed by atoms with Gasteiger partial charge in [0.05, 0.1) is 0 Å². The van der Waals surface area contributed by atoms with Crippen molar-refractivity contribution >= 4 is 12.1 Å². The van der Waals surface area contributed by atoms with Crippen LogP contribution in [0.15, 0.2) is 91.0 Å². The van der Waals surface area contributed by atoms with Gasteiger partial charge in [-0.3, -0.25) is 0 Å². The van der Waals surface area contributed by atoms with Crippen LogP contribution < -0.4 is 0 Å². The van der Waals surface area contributed by atoms with Gasteiger partial charge in [-0.25, -0.2) is 9.59 Å². The fraction of sp³-hybridized carbons (Fsp3) is 0.310. The molecule has 5 rings (SSSR count). The molecule has 0 radical (unpaired) electrons. The van der Waals surface area contributed by atoms with Crippen molar-refractivity contribution in [2.45, 2.75) is 56.1 Å². The average molecular weight is 472 g/mol. The van der Waals surface area contributed by atoms with Crippen LogP contribution in [0.4, 0.5) is 4.79 Å². The fourth-order valence-electron chi connectivity index (χ4n) is 5.31. The molecule has 2 bridgehead atoms. The summed E-state index contributed by atoms with van der Waals surface area (Å²) in [5.41, 5.74) is -0.0480. The largest absolute Gasteiger partial charge is 0.460 e. The molecular formula is C29H29NO5. The van der Waals surface area contributed by atoms with E-state index in [1.165, 1.54) is 0 Å². The molecule has 2 saturated heterocycles. The number of amides is 1. The Bertz CT molecular complexity index is 1100. The van der Waals surface area contributed by atoms with Crippen molar-refractivity contribution in [3.63, 3.8) is 0 Å². The minimum atomic E-state index is -1.91. The van der Waals surface area contributed by atoms with Gasteiger partial charge in [-0.05, 0) is 29.5 Å². The zero-order valence-electron chi connectivity index (χ0n) is 19.5. The smallest absolute Gasteiger partial charge is 0.410 e. The highest BCUT2D eigenvalue weighted by molar-refractivity contribution is 5.85. The highest BCUT2D eigenvalue weighted by Crippen LogP contribution is 2.39. The van der Waals surface area contributed by atoms with Crippen LogP contribution in [-0.2, 0) is 26.5 Å². The standard InChI is InChI=1S/C29H29NO5/c31-27(29(33,22-12-6-2-7-13-22)23-14-8-3-9-15-23)35-26-18-24-16-17-25(19-26)30(24)28(32)34-20-21-10-4-1-5-11-21/h1-15,24-26,33H,16-20H2. The molecule has 2 aliphatic heterocycles. The number of benzene rings is 3. The van der Waals surface area contributed by atoms with Gasteiger partial charge in [-0.15, -0.1) is 0 Å². The Morgan fingerprint density at radius 1 is 0.800 bits per heavy atom. The summed E-state index contributed by atoms with van der Waals surface area (Å²) in [6, 6.07) is 27.2. The fourth-order valence-corrected chi connectivity index (χ4v) is 5.31. The highest BCUT2D eigenvalue weighted by atomic mass is 16.6. The molecule has 0 aromatic heterocycles. The summed E-state index contributed by atoms with van der Waals surface area (Å²) >= 11 is 0. The number of nitrogens with zero attached hydrogens (tertiary/aromatic N) is 1. The van der Waals surface area contributed by atoms with E-state index in [1.54, 1.807) is 48.5 Å². The SMILES string of the molecule is O=C(OCc1ccccc1)N1C2CCC1CC(OC(=O)C(O)(c1ccccc1)c1ccccc1)C2. The van der Waals surface area contributed by atoms with Crippen LogP contribution in [0.2, 0.25) is 0 Å². The summed E-state index contributed by atoms with van der Waals surface area (Å²) in [5.74, 6) is -0.695. The summed E-state index contributed by atoms with van der Waals surface area (Å²) in [6.07, 6.45) is 2.06. The van der Waals surface area contributed by atoms with Gasteiger partial charge in [0, 0.05) is 24.9 Å². The molecule has 2 atom stereocenters. The Labute approximate surface area is 205 Å². The number of piperidine rings is 1. The zero-order chi connectivity index (χ0) is 24.3. The summed E-state index contributed by atoms with van der Waals surface area (Å²) in [7, 11) is 0. The number of rotatable bonds is 6. The first-order chi connectivity index (χ1) is 17.1. The van der Waals surface area contributed by atoms with E-state index in [2.05, 4.69) is 0 Å². The van der Waals surface area contributed by atoms with Gasteiger partial charge < -0.3 is 19.5 Å². The van der Waals surface area contributed by atoms with Crippen LogP contribution >= 0.6 is 0 Å². The first kappa shape index (κ1) is 23.1. The molecule has 35 heavy (non-hydrogen) atoms. The monoisotopic (exact) mass is 471 g/mol. The van der Waals surface area contributed by atoms with Crippen LogP contribution in [0.3, 0.4) is 0 Å². The van der Waals surface area contributed by atoms with Crippen molar-refractivity contribution in [1.29, 1.82) is 0 Å². The van der Waals surface area contributed by atoms with E-state index in [0.29, 0.717) is 24.0 Å². The van der Waals surface area contributed by atoms with E-state index in [-0.39, 0.29) is 30.9 Å². The zero-order valence-corrected chi connectivity index (χ0v) is 19.5. The predicted octanol–water partition coefficient (Wildman–Crippen LogP) is 4.80. The second kappa shape index (κ2) is 9.92. The lowest BCUT2D eigenvalue weighted by Crippen LogP contribution is -2.50. The number of hydrogen-bond acceptors (Lipinski definition) is 5. The Morgan fingerprint density at radius 2 is 1.29 bits per heavy atom. The number of carbonyl (C=O) groups excluding carboxylic acids is 2. The first-order valence-corrected chi connectivity index (χ1v) is 12.1. The van der Waals surface area contributed by atoms with Crippen molar-refractivity contribution in [1.82, 2.24) is 4.90 Å². The van der Waals surface area contributed by atoms with Crippen molar-refractivity contribution in [3.8, 4) is 0 Å². The van der Waals surface area contributed by atoms with E-state index < -0.39 is 11.6 Å². The molecule has 2 fully saturated rings. The van der Waals surface area contributed by atoms with E-state index in [9.17, 15) is 14.7 Å². The van der Waals surface area contributed by atoms with Crippen LogP contribution in [0.5, 0.6) is 0 Å². The molecule has 3 aromatic carbocycles. The molecule has 6 heteroatoms. The van der Waals surface area contributed by atoms with Gasteiger partial charge in [0.1, 0.15) is 12.7 Å². The minimum absolute atomic E-state index is 0.0450. The van der Waals surface area contributed by atoms with E-state index in [0.717, 1.165) is 18.4 Å². The lowest BCUT2D eigenvalue weighted by molar-refractivity contribution is -0.171. The molecule has 1 amide bonds. The Morgan fingerprint density at radius 3 is 1.80 bits per heavy atom. The lowest BCUT2D eigenvalue weighted by atomic mass is 9.86. The Balaban J connectivity index is 1.27. The van der Waals surface area contributed by atoms with E-state index in [1.807, 2.05) is 47.4 Å². The van der Waals surface area contributed by atoms with Gasteiger partial charge in [0.15, 0.2) is 0 Å². The van der Waals surface area contributed by atoms with Gasteiger partial charge in [0.2, 0.25) is 5.60 Å². The molecule has 6 nitrogen and oxygen atoms in total. The maximum absolute atomic E-state index is 13.5. The van der Waals surface area contributed by atoms with Crippen molar-refractivity contribution < 1.29 is 24.2 Å². The number of esters is 1. The van der Waals surface area contributed by atoms with Crippen LogP contribution in [0, 0.1) is 0 Å². The average Bonchev–Trinajstić information content (AvgIpc) is 3.18. The summed E-state index contributed by atoms with van der Waals surface area (Å²) in [5, 5.41) is 11.7. The third-order valence-electron chi connectivity index (χ3n) is 7.06. The second-order valence-electron chi connectivity index (χ2n) is 9.27. The molecule has 0 saturated carbocycles. The van der Waals surface area contributed by atoms with Crippen LogP contribution in [-0.4, -0.2) is 40.3 Å². The molecule has 3 aromatic rings. The lowest BCUT2D eigenvalue weighted by Gasteiger charge is -2.39. The van der Waals surface area contributed by atoms with Crippen molar-refractivity contribution in [2.24, 2.45) is 0 Å². The van der Waals surface area contributed by atoms with Crippen molar-refractivity contribution in [3.05, 3.63) is 108 Å². The van der Waals surface area contributed by atoms with Gasteiger partial charge >= 0.3 is 12.1 Å². The number of aliphatic hydroxyl groups is 1. The molecule has 180 valence electrons. The summed E-state index contributed by atoms with van der Waals surface area (Å²) in [4.78, 5) is 28.1. The molecule has 0 aliphatic carbocycles. The number of ether oxygens (including phenoxy) is 2. The Kier molecular flexibility index (Phi) is 6.55. The first-order valence-electron chi connectivity index (χ1n) is 12.1. The minimum Gasteiger partial charge on any atom is -0.460 e. The predicted molar refractivity (Wildman–Crippen MR) is 130 cm³/mol. The third kappa shape index (κ3) is 4.66. The van der Waals surface area contributed by atoms with Crippen LogP contribution in [0.25, 0.3) is 0 Å². The molecule has 2 unspecified atom stereocenters. The maximum atomic E-state index is 13.5. The second-order valence-corrected chi connectivity index (χ2v) is 9.27. The Hall–Kier alpha value is -3.64. The molecule has 1 N–H and O–H groups in total. The normalized spacial score (nSPS) is 21.4. The number of fused-ring (bicyclic) bond motifs is 2. The van der Waals surface area contributed by atoms with E-state index >= 15 is 0 Å². The van der Waals surface area contributed by atoms with Gasteiger partial charge in [-0.1, -0.05) is 91.0 Å². The van der Waals surface area contributed by atoms with Crippen molar-refractivity contribution in [2.75, 3.05) is 0 Å².